The number of aliphatic hydroxyl groups is 1. The first-order chi connectivity index (χ1) is 21.7. The molecule has 0 spiro atoms. The molecule has 45 heavy (non-hydrogen) atoms. The number of thiazole rings is 1. The molecular weight excluding hydrogens is 620 g/mol. The van der Waals surface area contributed by atoms with Gasteiger partial charge in [-0.05, 0) is 61.2 Å². The van der Waals surface area contributed by atoms with Gasteiger partial charge < -0.3 is 34.7 Å². The topological polar surface area (TPSA) is 149 Å². The van der Waals surface area contributed by atoms with Crippen molar-refractivity contribution in [2.75, 3.05) is 39.5 Å². The fraction of sp³-hybridized carbons (Fsp3) is 0.548. The van der Waals surface area contributed by atoms with Crippen LogP contribution in [0.25, 0.3) is 10.2 Å². The van der Waals surface area contributed by atoms with Gasteiger partial charge in [-0.2, -0.15) is 4.31 Å². The van der Waals surface area contributed by atoms with Crippen LogP contribution in [0.15, 0.2) is 52.9 Å². The largest absolute Gasteiger partial charge is 0.494 e. The van der Waals surface area contributed by atoms with E-state index in [2.05, 4.69) is 15.6 Å². The maximum atomic E-state index is 13.9. The summed E-state index contributed by atoms with van der Waals surface area (Å²) >= 11 is 1.36. The summed E-state index contributed by atoms with van der Waals surface area (Å²) in [6.45, 7) is 5.63. The van der Waals surface area contributed by atoms with Crippen LogP contribution in [0.2, 0.25) is 0 Å². The molecule has 1 aromatic heterocycles. The lowest BCUT2D eigenvalue weighted by atomic mass is 9.97. The lowest BCUT2D eigenvalue weighted by Gasteiger charge is -2.31. The second-order valence-corrected chi connectivity index (χ2v) is 15.0. The number of aromatic nitrogens is 1. The molecule has 0 radical (unpaired) electrons. The van der Waals surface area contributed by atoms with Crippen molar-refractivity contribution >= 4 is 37.7 Å². The third-order valence-corrected chi connectivity index (χ3v) is 11.0. The van der Waals surface area contributed by atoms with Gasteiger partial charge in [-0.1, -0.05) is 26.0 Å². The number of benzene rings is 2. The molecular formula is C31H40N4O8S2. The number of hydrogen-bond acceptors (Lipinski definition) is 11. The zero-order valence-electron chi connectivity index (χ0n) is 25.3. The number of carbonyl (C=O) groups excluding carboxylic acids is 1. The molecule has 244 valence electrons. The second kappa shape index (κ2) is 13.9. The Labute approximate surface area is 267 Å². The number of alkyl carbamates (subject to hydrolysis) is 1. The van der Waals surface area contributed by atoms with E-state index in [9.17, 15) is 18.3 Å². The molecule has 3 aliphatic heterocycles. The van der Waals surface area contributed by atoms with Gasteiger partial charge in [0.15, 0.2) is 6.29 Å². The number of rotatable bonds is 7. The number of carbonyl (C=O) groups is 1. The second-order valence-electron chi connectivity index (χ2n) is 12.2. The molecule has 0 unspecified atom stereocenters. The zero-order chi connectivity index (χ0) is 31.6. The van der Waals surface area contributed by atoms with Crippen LogP contribution in [-0.4, -0.2) is 98.9 Å². The van der Waals surface area contributed by atoms with E-state index in [1.54, 1.807) is 17.6 Å². The maximum Gasteiger partial charge on any atom is 0.407 e. The van der Waals surface area contributed by atoms with Gasteiger partial charge in [0.25, 0.3) is 0 Å². The molecule has 3 aromatic rings. The van der Waals surface area contributed by atoms with Crippen LogP contribution in [0.4, 0.5) is 4.79 Å². The highest BCUT2D eigenvalue weighted by atomic mass is 32.2. The van der Waals surface area contributed by atoms with Crippen LogP contribution in [0.1, 0.15) is 25.8 Å². The monoisotopic (exact) mass is 660 g/mol. The number of aliphatic hydroxyl groups excluding tert-OH is 1. The van der Waals surface area contributed by atoms with Crippen molar-refractivity contribution in [2.24, 2.45) is 11.8 Å². The fourth-order valence-electron chi connectivity index (χ4n) is 6.14. The number of fused-ring (bicyclic) bond motifs is 3. The maximum absolute atomic E-state index is 13.9. The summed E-state index contributed by atoms with van der Waals surface area (Å²) in [5, 5.41) is 18.0. The van der Waals surface area contributed by atoms with Gasteiger partial charge in [0, 0.05) is 19.1 Å². The molecule has 6 atom stereocenters. The molecule has 0 saturated carbocycles. The number of hydrogen-bond donors (Lipinski definition) is 3. The summed E-state index contributed by atoms with van der Waals surface area (Å²) in [6, 6.07) is 11.4. The van der Waals surface area contributed by atoms with E-state index in [4.69, 9.17) is 18.9 Å². The molecule has 14 heteroatoms. The predicted molar refractivity (Wildman–Crippen MR) is 168 cm³/mol. The van der Waals surface area contributed by atoms with Crippen LogP contribution in [0, 0.1) is 11.8 Å². The van der Waals surface area contributed by atoms with E-state index >= 15 is 0 Å². The van der Waals surface area contributed by atoms with Crippen molar-refractivity contribution in [1.82, 2.24) is 19.9 Å². The van der Waals surface area contributed by atoms with Crippen LogP contribution in [0.3, 0.4) is 0 Å². The minimum Gasteiger partial charge on any atom is -0.494 e. The van der Waals surface area contributed by atoms with Crippen LogP contribution in [-0.2, 0) is 30.7 Å². The number of sulfonamides is 1. The molecule has 2 fully saturated rings. The van der Waals surface area contributed by atoms with Crippen molar-refractivity contribution in [3.8, 4) is 5.75 Å². The molecule has 4 heterocycles. The van der Waals surface area contributed by atoms with Gasteiger partial charge in [-0.15, -0.1) is 11.3 Å². The first kappa shape index (κ1) is 32.1. The summed E-state index contributed by atoms with van der Waals surface area (Å²) < 4.78 is 53.3. The van der Waals surface area contributed by atoms with E-state index in [1.807, 2.05) is 38.1 Å². The van der Waals surface area contributed by atoms with E-state index in [1.165, 1.54) is 21.7 Å². The van der Waals surface area contributed by atoms with Gasteiger partial charge in [0.05, 0.1) is 58.5 Å². The van der Waals surface area contributed by atoms with Crippen LogP contribution in [0.5, 0.6) is 5.75 Å². The fourth-order valence-corrected chi connectivity index (χ4v) is 8.58. The number of nitrogens with zero attached hydrogens (tertiary/aromatic N) is 2. The van der Waals surface area contributed by atoms with Crippen molar-refractivity contribution in [1.29, 1.82) is 0 Å². The molecule has 1 amide bonds. The van der Waals surface area contributed by atoms with Gasteiger partial charge in [-0.3, -0.25) is 0 Å². The van der Waals surface area contributed by atoms with Crippen LogP contribution >= 0.6 is 11.3 Å². The Kier molecular flexibility index (Phi) is 9.90. The summed E-state index contributed by atoms with van der Waals surface area (Å²) in [6.07, 6.45) is -2.00. The summed E-state index contributed by atoms with van der Waals surface area (Å²) in [4.78, 5) is 17.7. The quantitative estimate of drug-likeness (QED) is 0.346. The van der Waals surface area contributed by atoms with E-state index < -0.39 is 40.7 Å². The van der Waals surface area contributed by atoms with E-state index in [-0.39, 0.29) is 48.9 Å². The summed E-state index contributed by atoms with van der Waals surface area (Å²) in [7, 11) is -3.99. The minimum absolute atomic E-state index is 0.0200. The number of nitrogens with one attached hydrogen (secondary N) is 2. The lowest BCUT2D eigenvalue weighted by Crippen LogP contribution is -2.52. The van der Waals surface area contributed by atoms with Crippen molar-refractivity contribution < 1.29 is 37.3 Å². The Balaban J connectivity index is 1.26. The van der Waals surface area contributed by atoms with Gasteiger partial charge in [0.2, 0.25) is 10.0 Å². The van der Waals surface area contributed by atoms with Crippen molar-refractivity contribution in [3.05, 3.63) is 53.5 Å². The van der Waals surface area contributed by atoms with Gasteiger partial charge >= 0.3 is 6.09 Å². The zero-order valence-corrected chi connectivity index (χ0v) is 27.0. The number of ether oxygens (including phenoxy) is 4. The molecule has 0 aliphatic carbocycles. The van der Waals surface area contributed by atoms with Gasteiger partial charge in [0.1, 0.15) is 11.9 Å². The highest BCUT2D eigenvalue weighted by Crippen LogP contribution is 2.34. The summed E-state index contributed by atoms with van der Waals surface area (Å²) in [5.74, 6) is 0.475. The first-order valence-corrected chi connectivity index (χ1v) is 17.7. The van der Waals surface area contributed by atoms with Crippen molar-refractivity contribution in [3.63, 3.8) is 0 Å². The Hall–Kier alpha value is -2.85. The molecule has 6 rings (SSSR count). The molecule has 12 nitrogen and oxygen atoms in total. The highest BCUT2D eigenvalue weighted by molar-refractivity contribution is 7.89. The molecule has 2 aromatic carbocycles. The standard InChI is InChI=1S/C31H40N4O8S2/c1-19(2)14-35(45(38,39)22-7-8-23-28(13-22)44-18-33-23)15-26(36)24-12-20-5-3-6-21(11-20)40-10-4-9-32-25-16-41-30-29(25)27(17-42-30)43-31(37)34-24/h3,5-8,11,13,18-19,24-27,29-30,32,36H,4,9-10,12,14-17H2,1-2H3,(H,34,37)/t24-,25-,26+,27-,29-,30+/m0/s1. The third kappa shape index (κ3) is 7.43. The Morgan fingerprint density at radius 2 is 1.98 bits per heavy atom. The summed E-state index contributed by atoms with van der Waals surface area (Å²) in [5.41, 5.74) is 3.20. The Bertz CT molecular complexity index is 1580. The molecule has 3 N–H and O–H groups in total. The third-order valence-electron chi connectivity index (χ3n) is 8.35. The average Bonchev–Trinajstić information content (AvgIpc) is 3.74. The molecule has 2 saturated heterocycles. The highest BCUT2D eigenvalue weighted by Gasteiger charge is 2.50. The number of amides is 1. The minimum atomic E-state index is -3.99. The van der Waals surface area contributed by atoms with E-state index in [0.29, 0.717) is 25.5 Å². The Morgan fingerprint density at radius 3 is 2.82 bits per heavy atom. The lowest BCUT2D eigenvalue weighted by molar-refractivity contribution is -0.0908. The van der Waals surface area contributed by atoms with Gasteiger partial charge in [-0.25, -0.2) is 18.2 Å². The molecule has 2 bridgehead atoms. The Morgan fingerprint density at radius 1 is 1.13 bits per heavy atom. The molecule has 3 aliphatic rings. The first-order valence-electron chi connectivity index (χ1n) is 15.3. The average molecular weight is 661 g/mol. The normalized spacial score (nSPS) is 26.8. The smallest absolute Gasteiger partial charge is 0.407 e. The van der Waals surface area contributed by atoms with Crippen LogP contribution < -0.4 is 15.4 Å². The van der Waals surface area contributed by atoms with E-state index in [0.717, 1.165) is 22.2 Å². The predicted octanol–water partition coefficient (Wildman–Crippen LogP) is 2.75. The SMILES string of the molecule is CC(C)CN(C[C@@H](O)[C@@H]1Cc2cccc(c2)OCCCN[C@H]2CO[C@@H]3OC[C@H](OC(=O)N1)[C@@H]32)S(=O)(=O)c1ccc2ncsc2c1. The van der Waals surface area contributed by atoms with Crippen molar-refractivity contribution in [2.45, 2.75) is 62.2 Å².